The molecule has 2 rings (SSSR count). The fraction of sp³-hybridized carbons (Fsp3) is 1.00. The van der Waals surface area contributed by atoms with E-state index in [1.165, 1.54) is 0 Å². The average Bonchev–Trinajstić information content (AvgIpc) is 2.70. The molecule has 2 aliphatic rings. The van der Waals surface area contributed by atoms with Crippen LogP contribution < -0.4 is 0 Å². The van der Waals surface area contributed by atoms with E-state index in [1.807, 2.05) is 0 Å². The van der Waals surface area contributed by atoms with Crippen LogP contribution in [0.2, 0.25) is 0 Å². The lowest BCUT2D eigenvalue weighted by Crippen LogP contribution is -2.35. The molecule has 0 amide bonds. The van der Waals surface area contributed by atoms with Crippen molar-refractivity contribution in [3.8, 4) is 0 Å². The summed E-state index contributed by atoms with van der Waals surface area (Å²) in [4.78, 5) is 28.9. The maximum atomic E-state index is 10.1. The minimum absolute atomic E-state index is 0.0477. The quantitative estimate of drug-likeness (QED) is 0.347. The second-order valence-corrected chi connectivity index (χ2v) is 3.33. The molecule has 2 heterocycles. The third-order valence-electron chi connectivity index (χ3n) is 2.41. The zero-order valence-corrected chi connectivity index (χ0v) is 7.88. The minimum Gasteiger partial charge on any atom is -0.371 e. The summed E-state index contributed by atoms with van der Waals surface area (Å²) in [7, 11) is 0. The van der Waals surface area contributed by atoms with Gasteiger partial charge in [-0.1, -0.05) is 0 Å². The van der Waals surface area contributed by atoms with Crippen LogP contribution in [0.5, 0.6) is 0 Å². The van der Waals surface area contributed by atoms with Gasteiger partial charge in [0.15, 0.2) is 12.2 Å². The molecule has 10 nitrogen and oxygen atoms in total. The summed E-state index contributed by atoms with van der Waals surface area (Å²) in [6.45, 7) is -0.0955. The Morgan fingerprint density at radius 1 is 0.938 bits per heavy atom. The molecule has 2 aliphatic heterocycles. The molecule has 0 saturated carbocycles. The van der Waals surface area contributed by atoms with E-state index in [1.54, 1.807) is 0 Å². The van der Waals surface area contributed by atoms with Gasteiger partial charge in [-0.15, -0.1) is 20.2 Å². The van der Waals surface area contributed by atoms with Gasteiger partial charge in [-0.3, -0.25) is 0 Å². The van der Waals surface area contributed by atoms with Gasteiger partial charge < -0.3 is 19.1 Å². The van der Waals surface area contributed by atoms with Crippen molar-refractivity contribution in [3.05, 3.63) is 20.2 Å². The van der Waals surface area contributed by atoms with Crippen molar-refractivity contribution in [1.29, 1.82) is 0 Å². The summed E-state index contributed by atoms with van der Waals surface area (Å²) < 4.78 is 10.2. The molecule has 4 atom stereocenters. The van der Waals surface area contributed by atoms with Gasteiger partial charge in [0.05, 0.1) is 13.2 Å². The second kappa shape index (κ2) is 4.06. The monoisotopic (exact) mass is 242 g/mol. The normalized spacial score (nSPS) is 36.8. The SMILES string of the molecule is O=[N+]([O-])O[13C@H]1[13CH2]O[13C@H]2[13C@@H]1O[13CH2][13C@H]2O[N+](=O)[O-]. The van der Waals surface area contributed by atoms with Crippen molar-refractivity contribution in [2.75, 3.05) is 13.2 Å². The third-order valence-corrected chi connectivity index (χ3v) is 2.41. The Morgan fingerprint density at radius 3 is 1.62 bits per heavy atom. The molecule has 0 radical (unpaired) electrons. The summed E-state index contributed by atoms with van der Waals surface area (Å²) in [5.41, 5.74) is 0. The molecule has 0 spiro atoms. The maximum absolute atomic E-state index is 10.1. The van der Waals surface area contributed by atoms with Crippen molar-refractivity contribution in [2.24, 2.45) is 0 Å². The zero-order valence-electron chi connectivity index (χ0n) is 7.88. The third kappa shape index (κ3) is 1.97. The van der Waals surface area contributed by atoms with E-state index in [0.717, 1.165) is 0 Å². The Bertz CT molecular complexity index is 279. The van der Waals surface area contributed by atoms with Gasteiger partial charge in [0.25, 0.3) is 10.2 Å². The lowest BCUT2D eigenvalue weighted by atomic mass is 11.1. The van der Waals surface area contributed by atoms with E-state index in [4.69, 9.17) is 9.47 Å². The summed E-state index contributed by atoms with van der Waals surface area (Å²) >= 11 is 0. The van der Waals surface area contributed by atoms with E-state index < -0.39 is 34.6 Å². The molecule has 0 aromatic carbocycles. The molecule has 0 aliphatic carbocycles. The average molecular weight is 242 g/mol. The Hall–Kier alpha value is -1.68. The predicted molar refractivity (Wildman–Crippen MR) is 43.2 cm³/mol. The standard InChI is InChI=1S/C6H8N2O8/c9-7(10)15-3-1-13-6-4(16-8(11)12)2-14-5(3)6/h3-6H,1-2H2/t3-,4+,5-,6-/m1/s1/i1+1,2+1,3+1,4+1,5+1,6+1. The number of rotatable bonds is 4. The minimum atomic E-state index is -0.943. The van der Waals surface area contributed by atoms with Crippen LogP contribution in [-0.2, 0) is 19.1 Å². The van der Waals surface area contributed by atoms with Gasteiger partial charge in [-0.2, -0.15) is 0 Å². The van der Waals surface area contributed by atoms with Crippen LogP contribution in [-0.4, -0.2) is 47.8 Å². The first-order chi connectivity index (χ1) is 7.58. The largest absolute Gasteiger partial charge is 0.371 e. The number of hydrogen-bond acceptors (Lipinski definition) is 8. The first-order valence-electron chi connectivity index (χ1n) is 4.43. The Kier molecular flexibility index (Phi) is 2.75. The van der Waals surface area contributed by atoms with Crippen LogP contribution in [0.1, 0.15) is 0 Å². The highest BCUT2D eigenvalue weighted by atomic mass is 17.0. The van der Waals surface area contributed by atoms with Crippen LogP contribution in [0.15, 0.2) is 0 Å². The maximum Gasteiger partial charge on any atom is 0.294 e. The predicted octanol–water partition coefficient (Wildman–Crippen LogP) is -1.06. The van der Waals surface area contributed by atoms with Crippen molar-refractivity contribution < 1.29 is 29.3 Å². The molecule has 0 aromatic rings. The lowest BCUT2D eigenvalue weighted by molar-refractivity contribution is -0.769. The number of ether oxygens (including phenoxy) is 2. The topological polar surface area (TPSA) is 123 Å². The van der Waals surface area contributed by atoms with Crippen LogP contribution in [0.3, 0.4) is 0 Å². The fourth-order valence-electron chi connectivity index (χ4n) is 1.83. The van der Waals surface area contributed by atoms with Crippen molar-refractivity contribution in [1.82, 2.24) is 0 Å². The molecular weight excluding hydrogens is 234 g/mol. The summed E-state index contributed by atoms with van der Waals surface area (Å²) in [5, 5.41) is 18.4. The molecule has 2 fully saturated rings. The fourth-order valence-corrected chi connectivity index (χ4v) is 1.83. The van der Waals surface area contributed by atoms with Crippen molar-refractivity contribution in [2.45, 2.75) is 24.4 Å². The van der Waals surface area contributed by atoms with E-state index >= 15 is 0 Å². The second-order valence-electron chi connectivity index (χ2n) is 3.33. The first-order valence-corrected chi connectivity index (χ1v) is 4.43. The molecular formula is C6H8N2O8. The molecule has 0 aromatic heterocycles. The van der Waals surface area contributed by atoms with Gasteiger partial charge >= 0.3 is 0 Å². The number of fused-ring (bicyclic) bond motifs is 1. The lowest BCUT2D eigenvalue weighted by Gasteiger charge is -2.13. The number of hydrogen-bond donors (Lipinski definition) is 0. The molecule has 0 unspecified atom stereocenters. The van der Waals surface area contributed by atoms with Crippen LogP contribution in [0.25, 0.3) is 0 Å². The van der Waals surface area contributed by atoms with Gasteiger partial charge in [0, 0.05) is 0 Å². The van der Waals surface area contributed by atoms with E-state index in [9.17, 15) is 20.2 Å². The van der Waals surface area contributed by atoms with Gasteiger partial charge in [0.2, 0.25) is 0 Å². The van der Waals surface area contributed by atoms with Gasteiger partial charge in [-0.25, -0.2) is 0 Å². The highest BCUT2D eigenvalue weighted by molar-refractivity contribution is 4.94. The highest BCUT2D eigenvalue weighted by Crippen LogP contribution is 2.30. The number of nitrogens with zero attached hydrogens (tertiary/aromatic N) is 2. The van der Waals surface area contributed by atoms with Crippen LogP contribution in [0.4, 0.5) is 0 Å². The van der Waals surface area contributed by atoms with Crippen LogP contribution >= 0.6 is 0 Å². The smallest absolute Gasteiger partial charge is 0.294 e. The molecule has 0 N–H and O–H groups in total. The van der Waals surface area contributed by atoms with E-state index in [-0.39, 0.29) is 13.2 Å². The summed E-state index contributed by atoms with van der Waals surface area (Å²) in [6.07, 6.45) is -3.12. The summed E-state index contributed by atoms with van der Waals surface area (Å²) in [6, 6.07) is 0. The Labute approximate surface area is 88.2 Å². The highest BCUT2D eigenvalue weighted by Gasteiger charge is 2.51. The molecule has 16 heavy (non-hydrogen) atoms. The molecule has 2 saturated heterocycles. The molecule has 90 valence electrons. The van der Waals surface area contributed by atoms with Crippen molar-refractivity contribution >= 4 is 0 Å². The summed E-state index contributed by atoms with van der Waals surface area (Å²) in [5.74, 6) is 0. The zero-order chi connectivity index (χ0) is 11.7. The van der Waals surface area contributed by atoms with Crippen molar-refractivity contribution in [3.63, 3.8) is 0 Å². The van der Waals surface area contributed by atoms with Gasteiger partial charge in [0.1, 0.15) is 12.2 Å². The molecule has 10 heteroatoms. The molecule has 0 bridgehead atoms. The first kappa shape index (κ1) is 10.8. The Morgan fingerprint density at radius 2 is 1.31 bits per heavy atom. The van der Waals surface area contributed by atoms with Crippen LogP contribution in [0, 0.1) is 20.2 Å². The van der Waals surface area contributed by atoms with E-state index in [0.29, 0.717) is 0 Å². The van der Waals surface area contributed by atoms with E-state index in [2.05, 4.69) is 9.68 Å². The van der Waals surface area contributed by atoms with Gasteiger partial charge in [-0.05, 0) is 0 Å². The Balaban J connectivity index is 1.95.